The van der Waals surface area contributed by atoms with Crippen molar-refractivity contribution in [3.8, 4) is 11.1 Å². The van der Waals surface area contributed by atoms with Gasteiger partial charge in [0.2, 0.25) is 0 Å². The molecule has 1 atom stereocenters. The third-order valence-electron chi connectivity index (χ3n) is 7.40. The van der Waals surface area contributed by atoms with Gasteiger partial charge in [0.05, 0.1) is 23.7 Å². The zero-order valence-corrected chi connectivity index (χ0v) is 24.8. The van der Waals surface area contributed by atoms with E-state index >= 15 is 0 Å². The van der Waals surface area contributed by atoms with Gasteiger partial charge in [0.1, 0.15) is 0 Å². The molecule has 0 saturated heterocycles. The molecule has 1 aromatic heterocycles. The highest BCUT2D eigenvalue weighted by molar-refractivity contribution is 5.73. The first kappa shape index (κ1) is 33.7. The summed E-state index contributed by atoms with van der Waals surface area (Å²) in [5.74, 6) is -0.210. The number of aromatic nitrogens is 4. The molecule has 6 nitrogen and oxygen atoms in total. The molecule has 0 N–H and O–H groups in total. The number of anilines is 1. The van der Waals surface area contributed by atoms with Gasteiger partial charge >= 0.3 is 18.5 Å². The fourth-order valence-electron chi connectivity index (χ4n) is 4.92. The first-order chi connectivity index (χ1) is 20.8. The zero-order chi connectivity index (χ0) is 33.5. The Labute approximate surface area is 253 Å². The standard InChI is InChI=1S/C30H29F9N6/c1-17-8-6-7-9-23(17)25-14-24(18(2)43(3)4)26(30(37,38)39)12-20(25)16-45(27-40-42-44(5)41-27)15-19-10-21(28(31,32)33)13-22(11-19)29(34,35)36/h6-14,18H,15-16H2,1-5H3. The zero-order valence-electron chi connectivity index (χ0n) is 24.8. The van der Waals surface area contributed by atoms with Gasteiger partial charge in [-0.1, -0.05) is 29.4 Å². The van der Waals surface area contributed by atoms with Gasteiger partial charge in [-0.25, -0.2) is 0 Å². The molecule has 0 radical (unpaired) electrons. The topological polar surface area (TPSA) is 50.1 Å². The van der Waals surface area contributed by atoms with Crippen LogP contribution in [-0.2, 0) is 38.7 Å². The van der Waals surface area contributed by atoms with Crippen LogP contribution in [0, 0.1) is 6.92 Å². The molecule has 0 amide bonds. The number of benzene rings is 3. The third-order valence-corrected chi connectivity index (χ3v) is 7.40. The normalized spacial score (nSPS) is 13.4. The molecule has 4 aromatic rings. The predicted octanol–water partition coefficient (Wildman–Crippen LogP) is 8.07. The van der Waals surface area contributed by atoms with Gasteiger partial charge in [0.15, 0.2) is 0 Å². The SMILES string of the molecule is Cc1ccccc1-c1cc(C(C)N(C)C)c(C(F)(F)F)cc1CN(Cc1cc(C(F)(F)F)cc(C(F)(F)F)c1)c1nnn(C)n1. The van der Waals surface area contributed by atoms with Gasteiger partial charge < -0.3 is 9.80 Å². The fourth-order valence-corrected chi connectivity index (χ4v) is 4.92. The molecule has 0 aliphatic carbocycles. The summed E-state index contributed by atoms with van der Waals surface area (Å²) < 4.78 is 125. The number of alkyl halides is 9. The Bertz CT molecular complexity index is 1620. The number of aryl methyl sites for hydroxylation is 2. The van der Waals surface area contributed by atoms with Gasteiger partial charge in [-0.15, -0.1) is 5.10 Å². The number of tetrazole rings is 1. The van der Waals surface area contributed by atoms with Crippen LogP contribution < -0.4 is 4.90 Å². The molecule has 45 heavy (non-hydrogen) atoms. The number of halogens is 9. The van der Waals surface area contributed by atoms with E-state index in [1.165, 1.54) is 18.0 Å². The second-order valence-corrected chi connectivity index (χ2v) is 10.9. The second-order valence-electron chi connectivity index (χ2n) is 10.9. The minimum absolute atomic E-state index is 0.00491. The van der Waals surface area contributed by atoms with Crippen LogP contribution in [0.3, 0.4) is 0 Å². The maximum atomic E-state index is 14.5. The third kappa shape index (κ3) is 7.75. The fraction of sp³-hybridized carbons (Fsp3) is 0.367. The number of hydrogen-bond acceptors (Lipinski definition) is 5. The largest absolute Gasteiger partial charge is 0.416 e. The summed E-state index contributed by atoms with van der Waals surface area (Å²) in [7, 11) is 4.66. The Morgan fingerprint density at radius 1 is 0.778 bits per heavy atom. The van der Waals surface area contributed by atoms with E-state index in [1.54, 1.807) is 57.1 Å². The summed E-state index contributed by atoms with van der Waals surface area (Å²) in [6.07, 6.45) is -15.0. The van der Waals surface area contributed by atoms with Crippen molar-refractivity contribution in [2.45, 2.75) is 51.5 Å². The molecule has 3 aromatic carbocycles. The van der Waals surface area contributed by atoms with Crippen molar-refractivity contribution >= 4 is 5.95 Å². The summed E-state index contributed by atoms with van der Waals surface area (Å²) >= 11 is 0. The monoisotopic (exact) mass is 644 g/mol. The van der Waals surface area contributed by atoms with Crippen molar-refractivity contribution in [2.24, 2.45) is 7.05 Å². The molecule has 1 unspecified atom stereocenters. The van der Waals surface area contributed by atoms with Gasteiger partial charge in [-0.2, -0.15) is 44.3 Å². The van der Waals surface area contributed by atoms with Crippen LogP contribution in [0.4, 0.5) is 45.5 Å². The highest BCUT2D eigenvalue weighted by Crippen LogP contribution is 2.42. The van der Waals surface area contributed by atoms with Gasteiger partial charge in [0, 0.05) is 19.1 Å². The smallest absolute Gasteiger partial charge is 0.330 e. The van der Waals surface area contributed by atoms with E-state index in [9.17, 15) is 39.5 Å². The highest BCUT2D eigenvalue weighted by Gasteiger charge is 2.38. The lowest BCUT2D eigenvalue weighted by Gasteiger charge is -2.28. The van der Waals surface area contributed by atoms with Gasteiger partial charge in [-0.3, -0.25) is 0 Å². The molecule has 15 heteroatoms. The first-order valence-corrected chi connectivity index (χ1v) is 13.5. The predicted molar refractivity (Wildman–Crippen MR) is 149 cm³/mol. The van der Waals surface area contributed by atoms with Crippen molar-refractivity contribution in [3.63, 3.8) is 0 Å². The van der Waals surface area contributed by atoms with E-state index in [2.05, 4.69) is 15.4 Å². The molecule has 4 rings (SSSR count). The van der Waals surface area contributed by atoms with E-state index in [-0.39, 0.29) is 23.1 Å². The van der Waals surface area contributed by atoms with Gasteiger partial charge in [0.25, 0.3) is 5.95 Å². The minimum Gasteiger partial charge on any atom is -0.330 e. The highest BCUT2D eigenvalue weighted by atomic mass is 19.4. The van der Waals surface area contributed by atoms with Crippen LogP contribution in [0.25, 0.3) is 11.1 Å². The van der Waals surface area contributed by atoms with Crippen LogP contribution >= 0.6 is 0 Å². The van der Waals surface area contributed by atoms with E-state index in [0.29, 0.717) is 23.3 Å². The Balaban J connectivity index is 1.94. The molecule has 0 saturated carbocycles. The lowest BCUT2D eigenvalue weighted by Crippen LogP contribution is -2.26. The number of rotatable bonds is 8. The summed E-state index contributed by atoms with van der Waals surface area (Å²) in [6.45, 7) is 2.37. The van der Waals surface area contributed by atoms with Crippen LogP contribution in [0.1, 0.15) is 51.9 Å². The molecule has 0 bridgehead atoms. The average Bonchev–Trinajstić information content (AvgIpc) is 3.37. The van der Waals surface area contributed by atoms with Crippen LogP contribution in [0.2, 0.25) is 0 Å². The van der Waals surface area contributed by atoms with Gasteiger partial charge in [-0.05, 0) is 96.9 Å². The molecule has 0 fully saturated rings. The molecule has 0 spiro atoms. The first-order valence-electron chi connectivity index (χ1n) is 13.5. The van der Waals surface area contributed by atoms with Crippen molar-refractivity contribution in [3.05, 3.63) is 93.5 Å². The average molecular weight is 645 g/mol. The quantitative estimate of drug-likeness (QED) is 0.182. The van der Waals surface area contributed by atoms with Crippen molar-refractivity contribution in [1.29, 1.82) is 0 Å². The van der Waals surface area contributed by atoms with Crippen molar-refractivity contribution in [1.82, 2.24) is 25.1 Å². The van der Waals surface area contributed by atoms with E-state index < -0.39 is 59.9 Å². The van der Waals surface area contributed by atoms with Crippen LogP contribution in [0.15, 0.2) is 54.6 Å². The minimum atomic E-state index is -5.09. The molecule has 0 aliphatic rings. The lowest BCUT2D eigenvalue weighted by molar-refractivity contribution is -0.143. The Hall–Kier alpha value is -4.14. The van der Waals surface area contributed by atoms with Crippen LogP contribution in [0.5, 0.6) is 0 Å². The maximum Gasteiger partial charge on any atom is 0.416 e. The molecule has 242 valence electrons. The second kappa shape index (κ2) is 12.3. The molecule has 1 heterocycles. The summed E-state index contributed by atoms with van der Waals surface area (Å²) in [5, 5.41) is 11.6. The Kier molecular flexibility index (Phi) is 9.25. The van der Waals surface area contributed by atoms with Crippen molar-refractivity contribution < 1.29 is 39.5 Å². The Morgan fingerprint density at radius 2 is 1.38 bits per heavy atom. The Morgan fingerprint density at radius 3 is 1.87 bits per heavy atom. The van der Waals surface area contributed by atoms with Crippen LogP contribution in [-0.4, -0.2) is 39.2 Å². The molecular weight excluding hydrogens is 615 g/mol. The molecular formula is C30H29F9N6. The maximum absolute atomic E-state index is 14.5. The van der Waals surface area contributed by atoms with Crippen molar-refractivity contribution in [2.75, 3.05) is 19.0 Å². The summed E-state index contributed by atoms with van der Waals surface area (Å²) in [4.78, 5) is 3.82. The lowest BCUT2D eigenvalue weighted by atomic mass is 9.88. The number of hydrogen-bond donors (Lipinski definition) is 0. The number of nitrogens with zero attached hydrogens (tertiary/aromatic N) is 6. The summed E-state index contributed by atoms with van der Waals surface area (Å²) in [6, 6.07) is 9.82. The summed E-state index contributed by atoms with van der Waals surface area (Å²) in [5.41, 5.74) is -2.56. The van der Waals surface area contributed by atoms with E-state index in [1.807, 2.05) is 0 Å². The van der Waals surface area contributed by atoms with E-state index in [4.69, 9.17) is 0 Å². The molecule has 0 aliphatic heterocycles. The van der Waals surface area contributed by atoms with E-state index in [0.717, 1.165) is 16.4 Å².